The Morgan fingerprint density at radius 3 is 2.21 bits per heavy atom. The predicted molar refractivity (Wildman–Crippen MR) is 171 cm³/mol. The molecule has 6 heteroatoms. The summed E-state index contributed by atoms with van der Waals surface area (Å²) in [5, 5.41) is 5.68. The van der Waals surface area contributed by atoms with Crippen LogP contribution in [0.15, 0.2) is 120 Å². The van der Waals surface area contributed by atoms with Crippen molar-refractivity contribution in [1.82, 2.24) is 0 Å². The van der Waals surface area contributed by atoms with Crippen LogP contribution in [-0.4, -0.2) is 17.6 Å². The number of rotatable bonds is 10. The molecule has 2 N–H and O–H groups in total. The van der Waals surface area contributed by atoms with E-state index in [1.165, 1.54) is 11.6 Å². The van der Waals surface area contributed by atoms with E-state index < -0.39 is 0 Å². The molecule has 0 aliphatic rings. The van der Waals surface area contributed by atoms with Gasteiger partial charge in [-0.05, 0) is 60.9 Å². The zero-order valence-corrected chi connectivity index (χ0v) is 24.1. The van der Waals surface area contributed by atoms with Gasteiger partial charge in [-0.3, -0.25) is 14.4 Å². The average Bonchev–Trinajstić information content (AvgIpc) is 3.51. The van der Waals surface area contributed by atoms with Gasteiger partial charge in [-0.25, -0.2) is 0 Å². The van der Waals surface area contributed by atoms with Crippen LogP contribution in [0.2, 0.25) is 0 Å². The molecule has 0 bridgehead atoms. The first-order valence-corrected chi connectivity index (χ1v) is 14.2. The van der Waals surface area contributed by atoms with Gasteiger partial charge in [0.25, 0.3) is 0 Å². The number of nitrogens with one attached hydrogen (secondary N) is 2. The van der Waals surface area contributed by atoms with Crippen molar-refractivity contribution in [3.05, 3.63) is 149 Å². The summed E-state index contributed by atoms with van der Waals surface area (Å²) >= 11 is 0. The molecule has 0 radical (unpaired) electrons. The topological polar surface area (TPSA) is 88.4 Å². The van der Waals surface area contributed by atoms with Crippen LogP contribution in [-0.2, 0) is 22.4 Å². The van der Waals surface area contributed by atoms with Crippen molar-refractivity contribution < 1.29 is 18.8 Å². The first-order chi connectivity index (χ1) is 20.9. The van der Waals surface area contributed by atoms with Gasteiger partial charge in [-0.1, -0.05) is 91.3 Å². The van der Waals surface area contributed by atoms with Crippen molar-refractivity contribution in [3.63, 3.8) is 0 Å². The maximum absolute atomic E-state index is 13.5. The minimum absolute atomic E-state index is 0.168. The number of aryl methyl sites for hydroxylation is 2. The number of ketones is 1. The molecule has 5 rings (SSSR count). The maximum Gasteiger partial charge on any atom is 0.248 e. The Labute approximate surface area is 251 Å². The van der Waals surface area contributed by atoms with Gasteiger partial charge in [0.1, 0.15) is 11.5 Å². The number of hydrogen-bond donors (Lipinski definition) is 2. The summed E-state index contributed by atoms with van der Waals surface area (Å²) in [6, 6.07) is 33.2. The highest BCUT2D eigenvalue weighted by Gasteiger charge is 2.17. The van der Waals surface area contributed by atoms with Crippen molar-refractivity contribution in [2.45, 2.75) is 26.7 Å². The van der Waals surface area contributed by atoms with E-state index in [2.05, 4.69) is 29.7 Å². The van der Waals surface area contributed by atoms with Crippen LogP contribution in [0.3, 0.4) is 0 Å². The van der Waals surface area contributed by atoms with E-state index in [1.807, 2.05) is 55.5 Å². The Balaban J connectivity index is 1.31. The molecule has 0 spiro atoms. The zero-order chi connectivity index (χ0) is 30.2. The highest BCUT2D eigenvalue weighted by molar-refractivity contribution is 6.15. The van der Waals surface area contributed by atoms with Gasteiger partial charge in [0.05, 0.1) is 12.1 Å². The number of anilines is 2. The van der Waals surface area contributed by atoms with E-state index in [0.29, 0.717) is 28.5 Å². The molecular formula is C37H32N2O4. The number of amides is 2. The first-order valence-electron chi connectivity index (χ1n) is 14.2. The minimum Gasteiger partial charge on any atom is -0.457 e. The summed E-state index contributed by atoms with van der Waals surface area (Å²) < 4.78 is 5.89. The molecular weight excluding hydrogens is 536 g/mol. The molecule has 0 unspecified atom stereocenters. The third-order valence-electron chi connectivity index (χ3n) is 7.00. The van der Waals surface area contributed by atoms with Crippen LogP contribution in [0.5, 0.6) is 0 Å². The fourth-order valence-corrected chi connectivity index (χ4v) is 4.59. The highest BCUT2D eigenvalue weighted by atomic mass is 16.3. The third kappa shape index (κ3) is 7.63. The van der Waals surface area contributed by atoms with Crippen molar-refractivity contribution in [1.29, 1.82) is 0 Å². The molecule has 5 aromatic rings. The fraction of sp³-hybridized carbons (Fsp3) is 0.108. The Hall–Kier alpha value is -5.49. The number of carbonyl (C=O) groups excluding carboxylic acids is 3. The molecule has 2 amide bonds. The molecule has 0 fully saturated rings. The maximum atomic E-state index is 13.5. The largest absolute Gasteiger partial charge is 0.457 e. The van der Waals surface area contributed by atoms with Gasteiger partial charge < -0.3 is 15.1 Å². The lowest BCUT2D eigenvalue weighted by atomic mass is 10.0. The lowest BCUT2D eigenvalue weighted by molar-refractivity contribution is -0.115. The van der Waals surface area contributed by atoms with Crippen molar-refractivity contribution in [2.24, 2.45) is 0 Å². The van der Waals surface area contributed by atoms with E-state index in [4.69, 9.17) is 4.42 Å². The van der Waals surface area contributed by atoms with E-state index in [1.54, 1.807) is 54.6 Å². The van der Waals surface area contributed by atoms with E-state index >= 15 is 0 Å². The van der Waals surface area contributed by atoms with Crippen LogP contribution in [0.25, 0.3) is 17.4 Å². The molecule has 0 saturated carbocycles. The van der Waals surface area contributed by atoms with Crippen molar-refractivity contribution in [3.8, 4) is 11.3 Å². The summed E-state index contributed by atoms with van der Waals surface area (Å²) in [5.41, 5.74) is 5.72. The second-order valence-corrected chi connectivity index (χ2v) is 10.2. The Bertz CT molecular complexity index is 1770. The molecule has 0 aliphatic carbocycles. The summed E-state index contributed by atoms with van der Waals surface area (Å²) in [4.78, 5) is 39.1. The monoisotopic (exact) mass is 568 g/mol. The van der Waals surface area contributed by atoms with Crippen LogP contribution in [0.4, 0.5) is 11.4 Å². The quantitative estimate of drug-likeness (QED) is 0.132. The van der Waals surface area contributed by atoms with E-state index in [9.17, 15) is 14.4 Å². The highest BCUT2D eigenvalue weighted by Crippen LogP contribution is 2.26. The molecule has 0 atom stereocenters. The Morgan fingerprint density at radius 2 is 1.49 bits per heavy atom. The van der Waals surface area contributed by atoms with Crippen LogP contribution >= 0.6 is 0 Å². The number of benzene rings is 4. The zero-order valence-electron chi connectivity index (χ0n) is 24.1. The SMILES string of the molecule is CCc1ccc(-c2ccc(/C=C/C(=O)Nc3ccc(NC(=O)Cc4ccc(C)cc4)c(C(=O)c4ccccc4)c3)o2)cc1. The van der Waals surface area contributed by atoms with Crippen molar-refractivity contribution >= 4 is 35.0 Å². The van der Waals surface area contributed by atoms with E-state index in [0.717, 1.165) is 23.1 Å². The number of carbonyl (C=O) groups is 3. The van der Waals surface area contributed by atoms with Crippen LogP contribution < -0.4 is 10.6 Å². The molecule has 0 saturated heterocycles. The molecule has 214 valence electrons. The smallest absolute Gasteiger partial charge is 0.248 e. The first kappa shape index (κ1) is 29.0. The van der Waals surface area contributed by atoms with Gasteiger partial charge in [0, 0.05) is 28.5 Å². The van der Waals surface area contributed by atoms with Crippen LogP contribution in [0, 0.1) is 6.92 Å². The number of hydrogen-bond acceptors (Lipinski definition) is 4. The second kappa shape index (κ2) is 13.4. The van der Waals surface area contributed by atoms with Gasteiger partial charge in [-0.15, -0.1) is 0 Å². The predicted octanol–water partition coefficient (Wildman–Crippen LogP) is 7.88. The standard InChI is InChI=1S/C37H32N2O4/c1-3-26-13-15-28(16-14-26)34-21-18-31(43-34)19-22-35(40)38-30-17-20-33(32(24-30)37(42)29-7-5-4-6-8-29)39-36(41)23-27-11-9-25(2)10-12-27/h4-22,24H,3,23H2,1-2H3,(H,38,40)(H,39,41)/b22-19+. The third-order valence-corrected chi connectivity index (χ3v) is 7.00. The normalized spacial score (nSPS) is 10.9. The van der Waals surface area contributed by atoms with Crippen molar-refractivity contribution in [2.75, 3.05) is 10.6 Å². The molecule has 1 heterocycles. The lowest BCUT2D eigenvalue weighted by Gasteiger charge is -2.13. The summed E-state index contributed by atoms with van der Waals surface area (Å²) in [6.07, 6.45) is 4.10. The molecule has 43 heavy (non-hydrogen) atoms. The average molecular weight is 569 g/mol. The minimum atomic E-state index is -0.389. The van der Waals surface area contributed by atoms with Crippen LogP contribution in [0.1, 0.15) is 45.3 Å². The molecule has 1 aromatic heterocycles. The fourth-order valence-electron chi connectivity index (χ4n) is 4.59. The van der Waals surface area contributed by atoms with Gasteiger partial charge in [0.15, 0.2) is 5.78 Å². The number of furan rings is 1. The summed E-state index contributed by atoms with van der Waals surface area (Å²) in [7, 11) is 0. The van der Waals surface area contributed by atoms with Gasteiger partial charge in [0.2, 0.25) is 11.8 Å². The Kier molecular flexibility index (Phi) is 9.08. The van der Waals surface area contributed by atoms with Gasteiger partial charge >= 0.3 is 0 Å². The summed E-state index contributed by atoms with van der Waals surface area (Å²) in [6.45, 7) is 4.10. The summed E-state index contributed by atoms with van der Waals surface area (Å²) in [5.74, 6) is 0.348. The van der Waals surface area contributed by atoms with E-state index in [-0.39, 0.29) is 29.6 Å². The lowest BCUT2D eigenvalue weighted by Crippen LogP contribution is -2.18. The molecule has 6 nitrogen and oxygen atoms in total. The molecule has 4 aromatic carbocycles. The second-order valence-electron chi connectivity index (χ2n) is 10.2. The Morgan fingerprint density at radius 1 is 0.767 bits per heavy atom. The van der Waals surface area contributed by atoms with Gasteiger partial charge in [-0.2, -0.15) is 0 Å². The molecule has 0 aliphatic heterocycles.